The molecule has 2 N–H and O–H groups in total. The second-order valence-corrected chi connectivity index (χ2v) is 6.96. The van der Waals surface area contributed by atoms with E-state index in [9.17, 15) is 18.0 Å². The van der Waals surface area contributed by atoms with Gasteiger partial charge in [0.15, 0.2) is 0 Å². The van der Waals surface area contributed by atoms with Crippen LogP contribution in [0.3, 0.4) is 0 Å². The number of carboxylic acids is 1. The lowest BCUT2D eigenvalue weighted by molar-refractivity contribution is -0.192. The van der Waals surface area contributed by atoms with Gasteiger partial charge in [0.1, 0.15) is 6.54 Å². The van der Waals surface area contributed by atoms with Crippen LogP contribution in [-0.4, -0.2) is 37.7 Å². The third-order valence-electron chi connectivity index (χ3n) is 4.41. The van der Waals surface area contributed by atoms with Gasteiger partial charge < -0.3 is 15.0 Å². The second kappa shape index (κ2) is 9.94. The predicted octanol–water partition coefficient (Wildman–Crippen LogP) is 4.68. The van der Waals surface area contributed by atoms with E-state index in [-0.39, 0.29) is 12.5 Å². The molecule has 0 radical (unpaired) electrons. The number of para-hydroxylation sites is 2. The molecular formula is C23H19F3N4O3. The molecule has 2 heterocycles. The standard InChI is InChI=1S/C21H18N4O.C2HF3O2/c1-15-6-4-10-18(23-15)16-7-5-8-17(12-16)24-21(26)13-25-14-22-19-9-2-3-11-20(19)25;3-2(4,5)1(6)7/h2-12,14H,13H2,1H3,(H,24,26);(H,6,7). The number of halogens is 3. The maximum atomic E-state index is 12.5. The van der Waals surface area contributed by atoms with Crippen LogP contribution in [0.2, 0.25) is 0 Å². The topological polar surface area (TPSA) is 97.1 Å². The number of carbonyl (C=O) groups excluding carboxylic acids is 1. The number of aryl methyl sites for hydroxylation is 1. The fourth-order valence-electron chi connectivity index (χ4n) is 2.95. The highest BCUT2D eigenvalue weighted by Gasteiger charge is 2.38. The molecule has 2 aromatic heterocycles. The van der Waals surface area contributed by atoms with E-state index in [2.05, 4.69) is 15.3 Å². The number of hydrogen-bond donors (Lipinski definition) is 2. The summed E-state index contributed by atoms with van der Waals surface area (Å²) in [6.07, 6.45) is -3.39. The Hall–Kier alpha value is -4.21. The lowest BCUT2D eigenvalue weighted by atomic mass is 10.1. The van der Waals surface area contributed by atoms with Gasteiger partial charge in [0.25, 0.3) is 0 Å². The molecule has 10 heteroatoms. The fraction of sp³-hybridized carbons (Fsp3) is 0.130. The largest absolute Gasteiger partial charge is 0.490 e. The van der Waals surface area contributed by atoms with Crippen LogP contribution in [0.25, 0.3) is 22.3 Å². The van der Waals surface area contributed by atoms with E-state index >= 15 is 0 Å². The molecule has 2 aromatic carbocycles. The molecule has 0 aliphatic heterocycles. The summed E-state index contributed by atoms with van der Waals surface area (Å²) >= 11 is 0. The smallest absolute Gasteiger partial charge is 0.475 e. The molecule has 0 bridgehead atoms. The third kappa shape index (κ3) is 6.39. The van der Waals surface area contributed by atoms with Crippen molar-refractivity contribution < 1.29 is 27.9 Å². The third-order valence-corrected chi connectivity index (χ3v) is 4.41. The number of alkyl halides is 3. The molecule has 0 atom stereocenters. The van der Waals surface area contributed by atoms with Gasteiger partial charge in [-0.15, -0.1) is 0 Å². The van der Waals surface area contributed by atoms with E-state index in [1.807, 2.05) is 78.2 Å². The molecule has 4 rings (SSSR count). The molecule has 33 heavy (non-hydrogen) atoms. The molecule has 4 aromatic rings. The second-order valence-electron chi connectivity index (χ2n) is 6.96. The van der Waals surface area contributed by atoms with Crippen LogP contribution in [-0.2, 0) is 16.1 Å². The summed E-state index contributed by atoms with van der Waals surface area (Å²) in [6.45, 7) is 2.18. The van der Waals surface area contributed by atoms with Gasteiger partial charge in [-0.25, -0.2) is 9.78 Å². The number of carboxylic acid groups (broad SMARTS) is 1. The monoisotopic (exact) mass is 456 g/mol. The molecule has 0 fully saturated rings. The first kappa shape index (κ1) is 23.5. The van der Waals surface area contributed by atoms with E-state index < -0.39 is 12.1 Å². The minimum absolute atomic E-state index is 0.0949. The van der Waals surface area contributed by atoms with Crippen LogP contribution in [0.15, 0.2) is 73.1 Å². The number of nitrogens with one attached hydrogen (secondary N) is 1. The molecule has 7 nitrogen and oxygen atoms in total. The highest BCUT2D eigenvalue weighted by Crippen LogP contribution is 2.21. The summed E-state index contributed by atoms with van der Waals surface area (Å²) in [5.74, 6) is -2.85. The molecule has 0 saturated heterocycles. The van der Waals surface area contributed by atoms with Crippen LogP contribution < -0.4 is 5.32 Å². The number of rotatable bonds is 4. The van der Waals surface area contributed by atoms with E-state index in [1.165, 1.54) is 0 Å². The van der Waals surface area contributed by atoms with Gasteiger partial charge in [0, 0.05) is 16.9 Å². The number of fused-ring (bicyclic) bond motifs is 1. The van der Waals surface area contributed by atoms with Crippen molar-refractivity contribution in [1.82, 2.24) is 14.5 Å². The average molecular weight is 456 g/mol. The SMILES string of the molecule is Cc1cccc(-c2cccc(NC(=O)Cn3cnc4ccccc43)c2)n1.O=C(O)C(F)(F)F. The Morgan fingerprint density at radius 3 is 2.42 bits per heavy atom. The number of anilines is 1. The molecule has 0 saturated carbocycles. The van der Waals surface area contributed by atoms with Crippen LogP contribution in [0.1, 0.15) is 5.69 Å². The summed E-state index contributed by atoms with van der Waals surface area (Å²) < 4.78 is 33.6. The molecule has 0 unspecified atom stereocenters. The van der Waals surface area contributed by atoms with Crippen molar-refractivity contribution in [3.63, 3.8) is 0 Å². The average Bonchev–Trinajstić information content (AvgIpc) is 3.16. The van der Waals surface area contributed by atoms with E-state index in [4.69, 9.17) is 9.90 Å². The van der Waals surface area contributed by atoms with Gasteiger partial charge in [-0.2, -0.15) is 13.2 Å². The number of pyridine rings is 1. The maximum Gasteiger partial charge on any atom is 0.490 e. The normalized spacial score (nSPS) is 10.9. The van der Waals surface area contributed by atoms with Gasteiger partial charge in [-0.1, -0.05) is 30.3 Å². The van der Waals surface area contributed by atoms with E-state index in [1.54, 1.807) is 6.33 Å². The molecule has 1 amide bonds. The number of carbonyl (C=O) groups is 2. The number of aromatic nitrogens is 3. The first-order chi connectivity index (χ1) is 15.6. The van der Waals surface area contributed by atoms with Crippen molar-refractivity contribution in [2.45, 2.75) is 19.6 Å². The highest BCUT2D eigenvalue weighted by molar-refractivity contribution is 5.92. The molecule has 0 aliphatic carbocycles. The molecule has 170 valence electrons. The first-order valence-electron chi connectivity index (χ1n) is 9.67. The molecular weight excluding hydrogens is 437 g/mol. The number of aliphatic carboxylic acids is 1. The van der Waals surface area contributed by atoms with Gasteiger partial charge in [0.05, 0.1) is 23.1 Å². The highest BCUT2D eigenvalue weighted by atomic mass is 19.4. The summed E-state index contributed by atoms with van der Waals surface area (Å²) in [5.41, 5.74) is 5.40. The number of imidazole rings is 1. The van der Waals surface area contributed by atoms with Crippen LogP contribution in [0.5, 0.6) is 0 Å². The van der Waals surface area contributed by atoms with E-state index in [0.29, 0.717) is 0 Å². The maximum absolute atomic E-state index is 12.5. The Morgan fingerprint density at radius 2 is 1.73 bits per heavy atom. The van der Waals surface area contributed by atoms with Crippen molar-refractivity contribution in [3.8, 4) is 11.3 Å². The lowest BCUT2D eigenvalue weighted by Crippen LogP contribution is -2.21. The number of benzene rings is 2. The summed E-state index contributed by atoms with van der Waals surface area (Å²) in [6, 6.07) is 21.4. The molecule has 0 aliphatic rings. The Labute approximate surface area is 186 Å². The Morgan fingerprint density at radius 1 is 1.03 bits per heavy atom. The summed E-state index contributed by atoms with van der Waals surface area (Å²) in [7, 11) is 0. The van der Waals surface area contributed by atoms with E-state index in [0.717, 1.165) is 33.7 Å². The zero-order valence-electron chi connectivity index (χ0n) is 17.4. The van der Waals surface area contributed by atoms with Crippen LogP contribution >= 0.6 is 0 Å². The Kier molecular flexibility index (Phi) is 7.07. The molecule has 0 spiro atoms. The van der Waals surface area contributed by atoms with Crippen molar-refractivity contribution in [2.24, 2.45) is 0 Å². The predicted molar refractivity (Wildman–Crippen MR) is 116 cm³/mol. The van der Waals surface area contributed by atoms with Crippen molar-refractivity contribution in [3.05, 3.63) is 78.8 Å². The van der Waals surface area contributed by atoms with Gasteiger partial charge in [0.2, 0.25) is 5.91 Å². The minimum atomic E-state index is -5.08. The summed E-state index contributed by atoms with van der Waals surface area (Å²) in [5, 5.41) is 10.1. The van der Waals surface area contributed by atoms with Gasteiger partial charge >= 0.3 is 12.1 Å². The van der Waals surface area contributed by atoms with Crippen molar-refractivity contribution >= 4 is 28.6 Å². The Bertz CT molecular complexity index is 1290. The van der Waals surface area contributed by atoms with Gasteiger partial charge in [-0.05, 0) is 43.3 Å². The van der Waals surface area contributed by atoms with Crippen LogP contribution in [0.4, 0.5) is 18.9 Å². The van der Waals surface area contributed by atoms with Crippen molar-refractivity contribution in [2.75, 3.05) is 5.32 Å². The van der Waals surface area contributed by atoms with Gasteiger partial charge in [-0.3, -0.25) is 9.78 Å². The zero-order valence-corrected chi connectivity index (χ0v) is 17.4. The Balaban J connectivity index is 0.000000383. The number of hydrogen-bond acceptors (Lipinski definition) is 4. The minimum Gasteiger partial charge on any atom is -0.475 e. The summed E-state index contributed by atoms with van der Waals surface area (Å²) in [4.78, 5) is 30.2. The quantitative estimate of drug-likeness (QED) is 0.465. The lowest BCUT2D eigenvalue weighted by Gasteiger charge is -2.09. The van der Waals surface area contributed by atoms with Crippen LogP contribution in [0, 0.1) is 6.92 Å². The van der Waals surface area contributed by atoms with Crippen molar-refractivity contribution in [1.29, 1.82) is 0 Å². The number of amides is 1. The number of nitrogens with zero attached hydrogens (tertiary/aromatic N) is 3. The first-order valence-corrected chi connectivity index (χ1v) is 9.67. The zero-order chi connectivity index (χ0) is 24.0. The fourth-order valence-corrected chi connectivity index (χ4v) is 2.95.